The van der Waals surface area contributed by atoms with Crippen LogP contribution in [0.5, 0.6) is 0 Å². The second-order valence-corrected chi connectivity index (χ2v) is 11.6. The van der Waals surface area contributed by atoms with Gasteiger partial charge < -0.3 is 16.8 Å². The van der Waals surface area contributed by atoms with E-state index in [1.807, 2.05) is 18.2 Å². The molecule has 0 spiro atoms. The number of anilines is 3. The fourth-order valence-electron chi connectivity index (χ4n) is 3.24. The van der Waals surface area contributed by atoms with Crippen LogP contribution in [0.25, 0.3) is 0 Å². The Bertz CT molecular complexity index is 1860. The van der Waals surface area contributed by atoms with Crippen LogP contribution in [0.3, 0.4) is 0 Å². The van der Waals surface area contributed by atoms with Crippen LogP contribution < -0.4 is 21.9 Å². The number of sulfonamides is 1. The first kappa shape index (κ1) is 33.5. The van der Waals surface area contributed by atoms with Gasteiger partial charge in [-0.3, -0.25) is 4.79 Å². The largest absolute Gasteiger partial charge is 0.399 e. The van der Waals surface area contributed by atoms with Crippen molar-refractivity contribution in [3.05, 3.63) is 116 Å². The van der Waals surface area contributed by atoms with E-state index in [2.05, 4.69) is 37.2 Å². The molecule has 42 heavy (non-hydrogen) atoms. The van der Waals surface area contributed by atoms with Crippen molar-refractivity contribution >= 4 is 64.9 Å². The van der Waals surface area contributed by atoms with Gasteiger partial charge in [0.05, 0.1) is 27.7 Å². The molecular formula is C29H23Br2N7O3S. The molecule has 0 saturated carbocycles. The summed E-state index contributed by atoms with van der Waals surface area (Å²) in [4.78, 5) is 12.2. The maximum absolute atomic E-state index is 12.2. The molecular weight excluding hydrogens is 686 g/mol. The van der Waals surface area contributed by atoms with E-state index in [9.17, 15) is 13.2 Å². The van der Waals surface area contributed by atoms with Crippen molar-refractivity contribution < 1.29 is 13.2 Å². The lowest BCUT2D eigenvalue weighted by molar-refractivity contribution is 0.102. The van der Waals surface area contributed by atoms with Crippen LogP contribution in [0.2, 0.25) is 0 Å². The Balaban J connectivity index is 0.000000265. The van der Waals surface area contributed by atoms with E-state index >= 15 is 0 Å². The van der Waals surface area contributed by atoms with Crippen molar-refractivity contribution in [1.82, 2.24) is 0 Å². The number of hydrogen-bond acceptors (Lipinski definition) is 8. The summed E-state index contributed by atoms with van der Waals surface area (Å²) in [6.45, 7) is 1.56. The van der Waals surface area contributed by atoms with Gasteiger partial charge in [0.1, 0.15) is 12.1 Å². The van der Waals surface area contributed by atoms with Crippen molar-refractivity contribution in [3.63, 3.8) is 0 Å². The highest BCUT2D eigenvalue weighted by Crippen LogP contribution is 2.22. The molecule has 0 heterocycles. The molecule has 0 atom stereocenters. The van der Waals surface area contributed by atoms with E-state index in [0.717, 1.165) is 4.47 Å². The number of nitriles is 3. The van der Waals surface area contributed by atoms with E-state index < -0.39 is 15.9 Å². The molecule has 0 aliphatic heterocycles. The first-order chi connectivity index (χ1) is 19.8. The van der Waals surface area contributed by atoms with Crippen LogP contribution in [0.1, 0.15) is 32.6 Å². The zero-order chi connectivity index (χ0) is 31.4. The van der Waals surface area contributed by atoms with Crippen LogP contribution in [0.4, 0.5) is 17.1 Å². The van der Waals surface area contributed by atoms with Gasteiger partial charge in [0, 0.05) is 31.6 Å². The highest BCUT2D eigenvalue weighted by atomic mass is 79.9. The van der Waals surface area contributed by atoms with Gasteiger partial charge in [0.25, 0.3) is 5.91 Å². The van der Waals surface area contributed by atoms with E-state index in [-0.39, 0.29) is 10.5 Å². The number of nitrogens with zero attached hydrogens (tertiary/aromatic N) is 3. The zero-order valence-corrected chi connectivity index (χ0v) is 26.0. The second-order valence-electron chi connectivity index (χ2n) is 8.37. The molecule has 4 aromatic rings. The molecule has 0 aliphatic rings. The summed E-state index contributed by atoms with van der Waals surface area (Å²) in [5.74, 6) is -0.416. The Morgan fingerprint density at radius 2 is 1.38 bits per heavy atom. The van der Waals surface area contributed by atoms with Crippen LogP contribution in [0.15, 0.2) is 92.7 Å². The van der Waals surface area contributed by atoms with E-state index in [4.69, 9.17) is 32.4 Å². The highest BCUT2D eigenvalue weighted by Gasteiger charge is 2.14. The number of aryl methyl sites for hydroxylation is 1. The molecule has 0 saturated heterocycles. The third-order valence-corrected chi connectivity index (χ3v) is 7.67. The molecule has 13 heteroatoms. The highest BCUT2D eigenvalue weighted by molar-refractivity contribution is 9.10. The number of hydrogen-bond donors (Lipinski definition) is 4. The normalized spacial score (nSPS) is 9.83. The fourth-order valence-corrected chi connectivity index (χ4v) is 4.67. The number of nitrogen functional groups attached to an aromatic ring is 2. The molecule has 0 radical (unpaired) electrons. The van der Waals surface area contributed by atoms with Crippen molar-refractivity contribution in [2.45, 2.75) is 11.8 Å². The van der Waals surface area contributed by atoms with Crippen LogP contribution in [-0.4, -0.2) is 14.3 Å². The molecule has 7 N–H and O–H groups in total. The number of primary sulfonamides is 1. The molecule has 0 aromatic heterocycles. The van der Waals surface area contributed by atoms with Gasteiger partial charge >= 0.3 is 0 Å². The Hall–Kier alpha value is -4.71. The van der Waals surface area contributed by atoms with Gasteiger partial charge in [-0.05, 0) is 117 Å². The topological polar surface area (TPSA) is 213 Å². The average Bonchev–Trinajstić information content (AvgIpc) is 2.95. The summed E-state index contributed by atoms with van der Waals surface area (Å²) in [6, 6.07) is 27.0. The number of nitrogens with one attached hydrogen (secondary N) is 1. The minimum absolute atomic E-state index is 0.0236. The average molecular weight is 709 g/mol. The molecule has 10 nitrogen and oxygen atoms in total. The first-order valence-corrected chi connectivity index (χ1v) is 14.8. The smallest absolute Gasteiger partial charge is 0.255 e. The van der Waals surface area contributed by atoms with Crippen molar-refractivity contribution in [2.75, 3.05) is 16.8 Å². The number of carbonyl (C=O) groups is 1. The van der Waals surface area contributed by atoms with Gasteiger partial charge in [-0.25, -0.2) is 13.6 Å². The number of benzene rings is 4. The number of nitrogens with two attached hydrogens (primary N) is 3. The molecule has 0 unspecified atom stereocenters. The van der Waals surface area contributed by atoms with Crippen molar-refractivity contribution in [2.24, 2.45) is 5.14 Å². The standard InChI is InChI=1S/C15H12BrN3O3S.C7H5BrN2.C7H6N2/c1-9-6-10(2-5-14(9)23(18,21)22)15(20)19-12-3-4-13(16)11(7-12)8-17;8-7-2-1-6(10)3-5(7)4-9;8-5-6-2-1-3-7(9)4-6/h2-7H,1H3,(H,19,20)(H2,18,21,22);1-3H,10H2;1-4H,9H2. The summed E-state index contributed by atoms with van der Waals surface area (Å²) in [6.07, 6.45) is 0. The van der Waals surface area contributed by atoms with Crippen LogP contribution in [0, 0.1) is 40.9 Å². The van der Waals surface area contributed by atoms with Crippen molar-refractivity contribution in [1.29, 1.82) is 15.8 Å². The van der Waals surface area contributed by atoms with Gasteiger partial charge in [-0.1, -0.05) is 6.07 Å². The van der Waals surface area contributed by atoms with Gasteiger partial charge in [-0.2, -0.15) is 15.8 Å². The summed E-state index contributed by atoms with van der Waals surface area (Å²) in [5, 5.41) is 33.6. The summed E-state index contributed by atoms with van der Waals surface area (Å²) >= 11 is 6.45. The molecule has 212 valence electrons. The summed E-state index contributed by atoms with van der Waals surface area (Å²) in [5.41, 5.74) is 14.8. The monoisotopic (exact) mass is 707 g/mol. The summed E-state index contributed by atoms with van der Waals surface area (Å²) < 4.78 is 24.2. The SMILES string of the molecule is Cc1cc(C(=O)Nc2ccc(Br)c(C#N)c2)ccc1S(N)(=O)=O.N#Cc1cc(N)ccc1Br.N#Cc1cccc(N)c1. The van der Waals surface area contributed by atoms with Crippen LogP contribution in [-0.2, 0) is 10.0 Å². The van der Waals surface area contributed by atoms with Crippen molar-refractivity contribution in [3.8, 4) is 18.2 Å². The van der Waals surface area contributed by atoms with Gasteiger partial charge in [-0.15, -0.1) is 0 Å². The Labute approximate surface area is 260 Å². The van der Waals surface area contributed by atoms with Crippen LogP contribution >= 0.6 is 31.9 Å². The first-order valence-electron chi connectivity index (χ1n) is 11.6. The van der Waals surface area contributed by atoms with Gasteiger partial charge in [0.2, 0.25) is 10.0 Å². The third kappa shape index (κ3) is 10.0. The molecule has 0 aliphatic carbocycles. The summed E-state index contributed by atoms with van der Waals surface area (Å²) in [7, 11) is -3.82. The Morgan fingerprint density at radius 1 is 0.786 bits per heavy atom. The lowest BCUT2D eigenvalue weighted by atomic mass is 10.1. The molecule has 0 fully saturated rings. The quantitative estimate of drug-likeness (QED) is 0.197. The maximum atomic E-state index is 12.2. The van der Waals surface area contributed by atoms with E-state index in [0.29, 0.717) is 43.8 Å². The van der Waals surface area contributed by atoms with E-state index in [1.54, 1.807) is 61.5 Å². The number of carbonyl (C=O) groups excluding carboxylic acids is 1. The predicted molar refractivity (Wildman–Crippen MR) is 168 cm³/mol. The van der Waals surface area contributed by atoms with E-state index in [1.165, 1.54) is 24.3 Å². The Morgan fingerprint density at radius 3 is 1.88 bits per heavy atom. The van der Waals surface area contributed by atoms with Gasteiger partial charge in [0.15, 0.2) is 0 Å². The number of rotatable bonds is 3. The predicted octanol–water partition coefficient (Wildman–Crippen LogP) is 5.57. The number of amides is 1. The fraction of sp³-hybridized carbons (Fsp3) is 0.0345. The Kier molecular flexibility index (Phi) is 12.2. The lowest BCUT2D eigenvalue weighted by Crippen LogP contribution is -2.16. The number of halogens is 2. The third-order valence-electron chi connectivity index (χ3n) is 5.21. The molecule has 4 aromatic carbocycles. The minimum Gasteiger partial charge on any atom is -0.399 e. The second kappa shape index (κ2) is 15.3. The minimum atomic E-state index is -3.82. The zero-order valence-electron chi connectivity index (χ0n) is 22.0. The molecule has 0 bridgehead atoms. The molecule has 1 amide bonds. The molecule has 4 rings (SSSR count). The lowest BCUT2D eigenvalue weighted by Gasteiger charge is -2.09. The maximum Gasteiger partial charge on any atom is 0.255 e.